The highest BCUT2D eigenvalue weighted by Crippen LogP contribution is 2.30. The lowest BCUT2D eigenvalue weighted by Gasteiger charge is -2.04. The molecule has 0 atom stereocenters. The Morgan fingerprint density at radius 2 is 2.36 bits per heavy atom. The molecule has 14 heavy (non-hydrogen) atoms. The summed E-state index contributed by atoms with van der Waals surface area (Å²) in [6.07, 6.45) is 3.54. The number of carbonyl (C=O) groups excluding carboxylic acids is 1. The molecular weight excluding hydrogens is 267 g/mol. The second-order valence-corrected chi connectivity index (χ2v) is 4.47. The number of anilines is 1. The molecule has 1 aliphatic carbocycles. The van der Waals surface area contributed by atoms with Crippen molar-refractivity contribution in [2.24, 2.45) is 5.92 Å². The monoisotopic (exact) mass is 274 g/mol. The second-order valence-electron chi connectivity index (χ2n) is 3.26. The first kappa shape index (κ1) is 9.93. The van der Waals surface area contributed by atoms with Crippen molar-refractivity contribution in [1.29, 1.82) is 0 Å². The summed E-state index contributed by atoms with van der Waals surface area (Å²) in [6.45, 7) is 0. The second kappa shape index (κ2) is 3.87. The van der Waals surface area contributed by atoms with Gasteiger partial charge in [0, 0.05) is 5.92 Å². The smallest absolute Gasteiger partial charge is 0.227 e. The predicted molar refractivity (Wildman–Crippen MR) is 58.3 cm³/mol. The molecule has 1 heterocycles. The molecule has 1 aromatic rings. The average molecular weight is 276 g/mol. The van der Waals surface area contributed by atoms with Crippen LogP contribution in [0.25, 0.3) is 0 Å². The summed E-state index contributed by atoms with van der Waals surface area (Å²) in [6, 6.07) is 1.75. The first-order chi connectivity index (χ1) is 6.66. The molecule has 0 saturated heterocycles. The Bertz CT molecular complexity index is 379. The SMILES string of the molecule is O=C(Nc1cnc(Cl)c(Br)c1)C1CC1. The number of carbonyl (C=O) groups is 1. The van der Waals surface area contributed by atoms with Crippen molar-refractivity contribution in [3.8, 4) is 0 Å². The predicted octanol–water partition coefficient (Wildman–Crippen LogP) is 2.85. The summed E-state index contributed by atoms with van der Waals surface area (Å²) < 4.78 is 0.688. The Balaban J connectivity index is 2.08. The van der Waals surface area contributed by atoms with E-state index in [0.717, 1.165) is 12.8 Å². The van der Waals surface area contributed by atoms with Crippen LogP contribution in [0.3, 0.4) is 0 Å². The number of amides is 1. The topological polar surface area (TPSA) is 42.0 Å². The molecule has 1 aliphatic rings. The summed E-state index contributed by atoms with van der Waals surface area (Å²) >= 11 is 8.96. The van der Waals surface area contributed by atoms with Crippen LogP contribution in [0.5, 0.6) is 0 Å². The van der Waals surface area contributed by atoms with Gasteiger partial charge < -0.3 is 5.32 Å². The van der Waals surface area contributed by atoms with E-state index in [4.69, 9.17) is 11.6 Å². The van der Waals surface area contributed by atoms with Gasteiger partial charge >= 0.3 is 0 Å². The lowest BCUT2D eigenvalue weighted by Crippen LogP contribution is -2.13. The minimum absolute atomic E-state index is 0.0704. The average Bonchev–Trinajstić information content (AvgIpc) is 2.94. The van der Waals surface area contributed by atoms with Gasteiger partial charge in [-0.05, 0) is 34.8 Å². The molecule has 1 saturated carbocycles. The summed E-state index contributed by atoms with van der Waals surface area (Å²) in [5.41, 5.74) is 0.679. The Hall–Kier alpha value is -0.610. The molecule has 1 aromatic heterocycles. The standard InChI is InChI=1S/C9H8BrClN2O/c10-7-3-6(4-12-8(7)11)13-9(14)5-1-2-5/h3-5H,1-2H2,(H,13,14). The summed E-state index contributed by atoms with van der Waals surface area (Å²) in [4.78, 5) is 15.3. The van der Waals surface area contributed by atoms with E-state index >= 15 is 0 Å². The van der Waals surface area contributed by atoms with E-state index in [0.29, 0.717) is 15.3 Å². The van der Waals surface area contributed by atoms with E-state index < -0.39 is 0 Å². The van der Waals surface area contributed by atoms with Crippen molar-refractivity contribution < 1.29 is 4.79 Å². The van der Waals surface area contributed by atoms with Crippen molar-refractivity contribution in [1.82, 2.24) is 4.98 Å². The number of rotatable bonds is 2. The molecular formula is C9H8BrClN2O. The minimum atomic E-state index is 0.0704. The van der Waals surface area contributed by atoms with Crippen molar-refractivity contribution in [2.45, 2.75) is 12.8 Å². The summed E-state index contributed by atoms with van der Waals surface area (Å²) in [7, 11) is 0. The summed E-state index contributed by atoms with van der Waals surface area (Å²) in [5.74, 6) is 0.269. The zero-order valence-electron chi connectivity index (χ0n) is 7.26. The van der Waals surface area contributed by atoms with Crippen LogP contribution in [0, 0.1) is 5.92 Å². The van der Waals surface area contributed by atoms with Gasteiger partial charge in [0.25, 0.3) is 0 Å². The van der Waals surface area contributed by atoms with Gasteiger partial charge in [-0.2, -0.15) is 0 Å². The Morgan fingerprint density at radius 1 is 1.64 bits per heavy atom. The number of aromatic nitrogens is 1. The molecule has 74 valence electrons. The number of hydrogen-bond acceptors (Lipinski definition) is 2. The number of halogens is 2. The van der Waals surface area contributed by atoms with Gasteiger partial charge in [-0.15, -0.1) is 0 Å². The van der Waals surface area contributed by atoms with Crippen molar-refractivity contribution in [3.63, 3.8) is 0 Å². The van der Waals surface area contributed by atoms with E-state index in [1.165, 1.54) is 0 Å². The largest absolute Gasteiger partial charge is 0.324 e. The molecule has 0 radical (unpaired) electrons. The third-order valence-electron chi connectivity index (χ3n) is 2.01. The van der Waals surface area contributed by atoms with Gasteiger partial charge in [0.1, 0.15) is 5.15 Å². The van der Waals surface area contributed by atoms with Gasteiger partial charge in [0.15, 0.2) is 0 Å². The number of pyridine rings is 1. The van der Waals surface area contributed by atoms with E-state index in [1.807, 2.05) is 0 Å². The van der Waals surface area contributed by atoms with Crippen LogP contribution in [0.2, 0.25) is 5.15 Å². The number of nitrogens with one attached hydrogen (secondary N) is 1. The molecule has 1 fully saturated rings. The number of hydrogen-bond donors (Lipinski definition) is 1. The van der Waals surface area contributed by atoms with E-state index in [2.05, 4.69) is 26.2 Å². The van der Waals surface area contributed by atoms with Crippen LogP contribution in [-0.4, -0.2) is 10.9 Å². The van der Waals surface area contributed by atoms with Gasteiger partial charge in [0.2, 0.25) is 5.91 Å². The fraction of sp³-hybridized carbons (Fsp3) is 0.333. The molecule has 5 heteroatoms. The first-order valence-electron chi connectivity index (χ1n) is 4.29. The lowest BCUT2D eigenvalue weighted by atomic mass is 10.3. The van der Waals surface area contributed by atoms with E-state index in [9.17, 15) is 4.79 Å². The molecule has 0 aliphatic heterocycles. The third kappa shape index (κ3) is 2.25. The summed E-state index contributed by atoms with van der Waals surface area (Å²) in [5, 5.41) is 3.18. The van der Waals surface area contributed by atoms with E-state index in [1.54, 1.807) is 12.3 Å². The Kier molecular flexibility index (Phi) is 2.74. The van der Waals surface area contributed by atoms with Crippen LogP contribution in [0.4, 0.5) is 5.69 Å². The van der Waals surface area contributed by atoms with Crippen LogP contribution in [-0.2, 0) is 4.79 Å². The highest BCUT2D eigenvalue weighted by molar-refractivity contribution is 9.10. The van der Waals surface area contributed by atoms with Gasteiger partial charge in [-0.1, -0.05) is 11.6 Å². The van der Waals surface area contributed by atoms with Crippen molar-refractivity contribution in [2.75, 3.05) is 5.32 Å². The van der Waals surface area contributed by atoms with Crippen LogP contribution < -0.4 is 5.32 Å². The lowest BCUT2D eigenvalue weighted by molar-refractivity contribution is -0.117. The molecule has 1 N–H and O–H groups in total. The maximum Gasteiger partial charge on any atom is 0.227 e. The maximum atomic E-state index is 11.4. The third-order valence-corrected chi connectivity index (χ3v) is 3.15. The zero-order chi connectivity index (χ0) is 10.1. The molecule has 1 amide bonds. The minimum Gasteiger partial charge on any atom is -0.324 e. The quantitative estimate of drug-likeness (QED) is 0.843. The zero-order valence-corrected chi connectivity index (χ0v) is 9.60. The van der Waals surface area contributed by atoms with Crippen LogP contribution in [0.15, 0.2) is 16.7 Å². The molecule has 0 unspecified atom stereocenters. The Morgan fingerprint density at radius 3 is 2.93 bits per heavy atom. The van der Waals surface area contributed by atoms with E-state index in [-0.39, 0.29) is 11.8 Å². The van der Waals surface area contributed by atoms with Crippen molar-refractivity contribution >= 4 is 39.1 Å². The molecule has 0 spiro atoms. The molecule has 2 rings (SSSR count). The molecule has 0 bridgehead atoms. The van der Waals surface area contributed by atoms with Gasteiger partial charge in [0.05, 0.1) is 16.4 Å². The fourth-order valence-corrected chi connectivity index (χ4v) is 1.53. The highest BCUT2D eigenvalue weighted by Gasteiger charge is 2.29. The maximum absolute atomic E-state index is 11.4. The highest BCUT2D eigenvalue weighted by atomic mass is 79.9. The Labute approximate surface area is 95.0 Å². The molecule has 3 nitrogen and oxygen atoms in total. The normalized spacial score (nSPS) is 15.3. The van der Waals surface area contributed by atoms with Crippen molar-refractivity contribution in [3.05, 3.63) is 21.9 Å². The van der Waals surface area contributed by atoms with Gasteiger partial charge in [-0.25, -0.2) is 4.98 Å². The first-order valence-corrected chi connectivity index (χ1v) is 5.46. The molecule has 0 aromatic carbocycles. The number of nitrogens with zero attached hydrogens (tertiary/aromatic N) is 1. The fourth-order valence-electron chi connectivity index (χ4n) is 1.08. The van der Waals surface area contributed by atoms with Crippen LogP contribution >= 0.6 is 27.5 Å². The van der Waals surface area contributed by atoms with Crippen LogP contribution in [0.1, 0.15) is 12.8 Å². The van der Waals surface area contributed by atoms with Gasteiger partial charge in [-0.3, -0.25) is 4.79 Å².